The Hall–Kier alpha value is -2.10. The summed E-state index contributed by atoms with van der Waals surface area (Å²) < 4.78 is 0. The first-order valence-corrected chi connectivity index (χ1v) is 9.34. The van der Waals surface area contributed by atoms with Crippen molar-refractivity contribution in [1.82, 2.24) is 0 Å². The van der Waals surface area contributed by atoms with Crippen molar-refractivity contribution in [2.24, 2.45) is 5.92 Å². The summed E-state index contributed by atoms with van der Waals surface area (Å²) in [5, 5.41) is 32.9. The van der Waals surface area contributed by atoms with Gasteiger partial charge in [0.2, 0.25) is 0 Å². The fourth-order valence-electron chi connectivity index (χ4n) is 5.25. The number of phenolic OH excluding ortho intramolecular Hbond substituents is 1. The first-order valence-electron chi connectivity index (χ1n) is 9.34. The number of benzene rings is 2. The molecule has 1 saturated carbocycles. The predicted molar refractivity (Wildman–Crippen MR) is 103 cm³/mol. The van der Waals surface area contributed by atoms with Gasteiger partial charge in [-0.2, -0.15) is 0 Å². The summed E-state index contributed by atoms with van der Waals surface area (Å²) in [6.07, 6.45) is 5.98. The normalized spacial score (nSPS) is 35.6. The fourth-order valence-corrected chi connectivity index (χ4v) is 5.25. The highest BCUT2D eigenvalue weighted by atomic mass is 16.4. The van der Waals surface area contributed by atoms with Gasteiger partial charge in [0.15, 0.2) is 0 Å². The van der Waals surface area contributed by atoms with Crippen LogP contribution in [0.4, 0.5) is 0 Å². The predicted octanol–water partition coefficient (Wildman–Crippen LogP) is 4.12. The van der Waals surface area contributed by atoms with Gasteiger partial charge in [-0.25, -0.2) is 0 Å². The number of phenols is 1. The van der Waals surface area contributed by atoms with Crippen molar-refractivity contribution in [3.05, 3.63) is 71.3 Å². The highest BCUT2D eigenvalue weighted by molar-refractivity contribution is 5.63. The second-order valence-electron chi connectivity index (χ2n) is 8.13. The molecule has 136 valence electrons. The molecule has 2 aliphatic carbocycles. The van der Waals surface area contributed by atoms with Gasteiger partial charge in [0, 0.05) is 5.41 Å². The smallest absolute Gasteiger partial charge is 0.119 e. The van der Waals surface area contributed by atoms with Gasteiger partial charge in [-0.05, 0) is 60.9 Å². The van der Waals surface area contributed by atoms with Crippen LogP contribution in [-0.4, -0.2) is 20.9 Å². The van der Waals surface area contributed by atoms with Crippen molar-refractivity contribution >= 4 is 6.08 Å². The summed E-state index contributed by atoms with van der Waals surface area (Å²) >= 11 is 0. The Morgan fingerprint density at radius 1 is 1.08 bits per heavy atom. The Morgan fingerprint density at radius 2 is 1.81 bits per heavy atom. The molecule has 4 rings (SSSR count). The van der Waals surface area contributed by atoms with E-state index in [0.29, 0.717) is 12.8 Å². The van der Waals surface area contributed by atoms with Gasteiger partial charge in [0.05, 0.1) is 5.60 Å². The third-order valence-electron chi connectivity index (χ3n) is 6.74. The molecule has 26 heavy (non-hydrogen) atoms. The zero-order chi connectivity index (χ0) is 18.6. The van der Waals surface area contributed by atoms with Crippen molar-refractivity contribution in [3.8, 4) is 5.75 Å². The van der Waals surface area contributed by atoms with Crippen LogP contribution in [-0.2, 0) is 11.0 Å². The molecule has 0 aromatic heterocycles. The standard InChI is InChI=1S/C23H26O3/c1-3-22-15-21(2,25)23(26,17-7-5-4-6-8-17)14-18(22)10-9-16-13-19(24)11-12-20(16)22/h4-13,18,24-26H,3,14-15H2,1-2H3/t18-,21?,22?,23?/m1/s1. The van der Waals surface area contributed by atoms with Crippen LogP contribution in [0.2, 0.25) is 0 Å². The third-order valence-corrected chi connectivity index (χ3v) is 6.74. The third kappa shape index (κ3) is 2.27. The van der Waals surface area contributed by atoms with Crippen molar-refractivity contribution in [2.75, 3.05) is 0 Å². The molecule has 0 aliphatic heterocycles. The largest absolute Gasteiger partial charge is 0.508 e. The molecule has 0 spiro atoms. The maximum absolute atomic E-state index is 11.6. The van der Waals surface area contributed by atoms with Gasteiger partial charge in [-0.3, -0.25) is 0 Å². The second-order valence-corrected chi connectivity index (χ2v) is 8.13. The Kier molecular flexibility index (Phi) is 3.80. The summed E-state index contributed by atoms with van der Waals surface area (Å²) in [5.74, 6) is 0.372. The fraction of sp³-hybridized carbons (Fsp3) is 0.391. The van der Waals surface area contributed by atoms with Crippen LogP contribution >= 0.6 is 0 Å². The summed E-state index contributed by atoms with van der Waals surface area (Å²) in [7, 11) is 0. The number of aromatic hydroxyl groups is 1. The second kappa shape index (κ2) is 5.70. The van der Waals surface area contributed by atoms with E-state index in [9.17, 15) is 15.3 Å². The van der Waals surface area contributed by atoms with E-state index < -0.39 is 11.2 Å². The highest BCUT2D eigenvalue weighted by Crippen LogP contribution is 2.59. The summed E-state index contributed by atoms with van der Waals surface area (Å²) in [5.41, 5.74) is 0.115. The molecule has 3 nitrogen and oxygen atoms in total. The average Bonchev–Trinajstić information content (AvgIpc) is 2.63. The van der Waals surface area contributed by atoms with E-state index in [1.807, 2.05) is 42.5 Å². The molecule has 2 aliphatic rings. The maximum Gasteiger partial charge on any atom is 0.119 e. The van der Waals surface area contributed by atoms with Crippen LogP contribution in [0.3, 0.4) is 0 Å². The molecule has 2 aromatic carbocycles. The van der Waals surface area contributed by atoms with Gasteiger partial charge in [0.25, 0.3) is 0 Å². The molecule has 3 heteroatoms. The molecule has 3 unspecified atom stereocenters. The van der Waals surface area contributed by atoms with Gasteiger partial charge >= 0.3 is 0 Å². The topological polar surface area (TPSA) is 60.7 Å². The molecule has 3 N–H and O–H groups in total. The van der Waals surface area contributed by atoms with E-state index >= 15 is 0 Å². The lowest BCUT2D eigenvalue weighted by Crippen LogP contribution is -2.61. The average molecular weight is 350 g/mol. The molecule has 4 atom stereocenters. The SMILES string of the molecule is CCC12CC(C)(O)C(O)(c3ccccc3)C[C@H]1C=Cc1cc(O)ccc12. The Morgan fingerprint density at radius 3 is 2.50 bits per heavy atom. The van der Waals surface area contributed by atoms with Crippen molar-refractivity contribution in [3.63, 3.8) is 0 Å². The van der Waals surface area contributed by atoms with Crippen LogP contribution in [0.25, 0.3) is 6.08 Å². The zero-order valence-electron chi connectivity index (χ0n) is 15.3. The number of aliphatic hydroxyl groups is 2. The van der Waals surface area contributed by atoms with Crippen molar-refractivity contribution in [2.45, 2.75) is 49.7 Å². The molecule has 2 aromatic rings. The number of allylic oxidation sites excluding steroid dienone is 1. The molecule has 0 bridgehead atoms. The van der Waals surface area contributed by atoms with E-state index in [0.717, 1.165) is 23.1 Å². The molecular formula is C23H26O3. The summed E-state index contributed by atoms with van der Waals surface area (Å²) in [6, 6.07) is 15.0. The summed E-state index contributed by atoms with van der Waals surface area (Å²) in [6.45, 7) is 3.90. The Bertz CT molecular complexity index is 855. The van der Waals surface area contributed by atoms with Crippen LogP contribution in [0.15, 0.2) is 54.6 Å². The summed E-state index contributed by atoms with van der Waals surface area (Å²) in [4.78, 5) is 0. The first-order chi connectivity index (χ1) is 12.3. The quantitative estimate of drug-likeness (QED) is 0.764. The zero-order valence-corrected chi connectivity index (χ0v) is 15.3. The van der Waals surface area contributed by atoms with E-state index in [1.54, 1.807) is 19.1 Å². The van der Waals surface area contributed by atoms with Crippen molar-refractivity contribution < 1.29 is 15.3 Å². The Labute approximate surface area is 154 Å². The lowest BCUT2D eigenvalue weighted by Gasteiger charge is -2.57. The minimum atomic E-state index is -1.30. The van der Waals surface area contributed by atoms with E-state index in [2.05, 4.69) is 13.0 Å². The van der Waals surface area contributed by atoms with Crippen LogP contribution in [0.1, 0.15) is 49.8 Å². The molecular weight excluding hydrogens is 324 g/mol. The van der Waals surface area contributed by atoms with E-state index in [1.165, 1.54) is 0 Å². The van der Waals surface area contributed by atoms with Crippen LogP contribution in [0, 0.1) is 5.92 Å². The lowest BCUT2D eigenvalue weighted by molar-refractivity contribution is -0.198. The Balaban J connectivity index is 1.85. The molecule has 0 heterocycles. The van der Waals surface area contributed by atoms with E-state index in [4.69, 9.17) is 0 Å². The lowest BCUT2D eigenvalue weighted by atomic mass is 9.50. The van der Waals surface area contributed by atoms with Crippen molar-refractivity contribution in [1.29, 1.82) is 0 Å². The van der Waals surface area contributed by atoms with Gasteiger partial charge in [-0.1, -0.05) is 55.5 Å². The van der Waals surface area contributed by atoms with Gasteiger partial charge in [-0.15, -0.1) is 0 Å². The molecule has 0 radical (unpaired) electrons. The molecule has 0 amide bonds. The van der Waals surface area contributed by atoms with Gasteiger partial charge in [0.1, 0.15) is 11.4 Å². The van der Waals surface area contributed by atoms with Crippen LogP contribution in [0.5, 0.6) is 5.75 Å². The minimum Gasteiger partial charge on any atom is -0.508 e. The number of hydrogen-bond donors (Lipinski definition) is 3. The maximum atomic E-state index is 11.6. The first kappa shape index (κ1) is 17.3. The number of hydrogen-bond acceptors (Lipinski definition) is 3. The minimum absolute atomic E-state index is 0.120. The van der Waals surface area contributed by atoms with Gasteiger partial charge < -0.3 is 15.3 Å². The van der Waals surface area contributed by atoms with E-state index in [-0.39, 0.29) is 17.1 Å². The van der Waals surface area contributed by atoms with Crippen LogP contribution < -0.4 is 0 Å². The molecule has 1 fully saturated rings. The monoisotopic (exact) mass is 350 g/mol. The number of fused-ring (bicyclic) bond motifs is 3. The highest BCUT2D eigenvalue weighted by Gasteiger charge is 2.60. The molecule has 0 saturated heterocycles. The number of rotatable bonds is 2.